The predicted octanol–water partition coefficient (Wildman–Crippen LogP) is 2.91. The molecule has 0 spiro atoms. The summed E-state index contributed by atoms with van der Waals surface area (Å²) in [7, 11) is 0. The number of aliphatic imine (C=N–C) groups is 1. The second-order valence-electron chi connectivity index (χ2n) is 6.27. The lowest BCUT2D eigenvalue weighted by molar-refractivity contribution is 0.267. The Bertz CT molecular complexity index is 511. The van der Waals surface area contributed by atoms with Gasteiger partial charge < -0.3 is 15.4 Å². The van der Waals surface area contributed by atoms with Gasteiger partial charge in [0, 0.05) is 25.6 Å². The van der Waals surface area contributed by atoms with E-state index in [0.29, 0.717) is 5.92 Å². The van der Waals surface area contributed by atoms with Crippen molar-refractivity contribution >= 4 is 5.96 Å². The molecular formula is C18H27N3O. The Labute approximate surface area is 133 Å². The Morgan fingerprint density at radius 1 is 1.23 bits per heavy atom. The zero-order valence-corrected chi connectivity index (χ0v) is 13.5. The molecule has 22 heavy (non-hydrogen) atoms. The number of rotatable bonds is 5. The average molecular weight is 301 g/mol. The van der Waals surface area contributed by atoms with Gasteiger partial charge in [0.05, 0.1) is 6.61 Å². The van der Waals surface area contributed by atoms with Gasteiger partial charge in [-0.1, -0.05) is 24.6 Å². The highest BCUT2D eigenvalue weighted by atomic mass is 16.5. The number of nitrogens with zero attached hydrogens (tertiary/aromatic N) is 1. The van der Waals surface area contributed by atoms with Gasteiger partial charge in [-0.2, -0.15) is 0 Å². The quantitative estimate of drug-likeness (QED) is 0.649. The van der Waals surface area contributed by atoms with Crippen LogP contribution in [0.4, 0.5) is 0 Å². The summed E-state index contributed by atoms with van der Waals surface area (Å²) in [6.07, 6.45) is 5.13. The van der Waals surface area contributed by atoms with Crippen molar-refractivity contribution in [2.45, 2.75) is 38.5 Å². The van der Waals surface area contributed by atoms with Crippen molar-refractivity contribution in [2.75, 3.05) is 26.2 Å². The number of hydrogen-bond acceptors (Lipinski definition) is 2. The molecule has 1 fully saturated rings. The smallest absolute Gasteiger partial charge is 0.191 e. The number of fused-ring (bicyclic) bond motifs is 1. The van der Waals surface area contributed by atoms with Gasteiger partial charge in [0.15, 0.2) is 5.96 Å². The standard InChI is InChI=1S/C18H27N3O/c1-2-19-18(20-12-14-6-5-7-14)21-13-15-10-11-22-17-9-4-3-8-16(15)17/h3-4,8-9,14-15H,2,5-7,10-13H2,1H3,(H2,19,20,21). The average Bonchev–Trinajstić information content (AvgIpc) is 2.51. The Kier molecular flexibility index (Phi) is 5.20. The maximum Gasteiger partial charge on any atom is 0.191 e. The van der Waals surface area contributed by atoms with Crippen LogP contribution >= 0.6 is 0 Å². The molecule has 120 valence electrons. The van der Waals surface area contributed by atoms with E-state index in [2.05, 4.69) is 35.8 Å². The fourth-order valence-corrected chi connectivity index (χ4v) is 3.09. The minimum Gasteiger partial charge on any atom is -0.493 e. The van der Waals surface area contributed by atoms with Gasteiger partial charge in [-0.25, -0.2) is 0 Å². The molecule has 3 rings (SSSR count). The van der Waals surface area contributed by atoms with Crippen LogP contribution in [0.5, 0.6) is 5.75 Å². The number of nitrogens with one attached hydrogen (secondary N) is 2. The van der Waals surface area contributed by atoms with Crippen LogP contribution in [0.15, 0.2) is 29.3 Å². The fourth-order valence-electron chi connectivity index (χ4n) is 3.09. The lowest BCUT2D eigenvalue weighted by Gasteiger charge is -2.27. The van der Waals surface area contributed by atoms with Crippen molar-refractivity contribution < 1.29 is 4.74 Å². The lowest BCUT2D eigenvalue weighted by Crippen LogP contribution is -2.40. The van der Waals surface area contributed by atoms with Gasteiger partial charge in [-0.15, -0.1) is 0 Å². The summed E-state index contributed by atoms with van der Waals surface area (Å²) in [6.45, 7) is 5.70. The third-order valence-electron chi connectivity index (χ3n) is 4.68. The first-order chi connectivity index (χ1) is 10.9. The van der Waals surface area contributed by atoms with Crippen molar-refractivity contribution in [3.8, 4) is 5.75 Å². The summed E-state index contributed by atoms with van der Waals surface area (Å²) < 4.78 is 5.74. The summed E-state index contributed by atoms with van der Waals surface area (Å²) in [5.74, 6) is 3.30. The molecule has 4 nitrogen and oxygen atoms in total. The fraction of sp³-hybridized carbons (Fsp3) is 0.611. The molecule has 1 unspecified atom stereocenters. The first-order valence-electron chi connectivity index (χ1n) is 8.60. The largest absolute Gasteiger partial charge is 0.493 e. The molecule has 1 aromatic carbocycles. The summed E-state index contributed by atoms with van der Waals surface area (Å²) >= 11 is 0. The summed E-state index contributed by atoms with van der Waals surface area (Å²) in [6, 6.07) is 8.38. The molecule has 1 heterocycles. The number of para-hydroxylation sites is 1. The van der Waals surface area contributed by atoms with Gasteiger partial charge in [0.25, 0.3) is 0 Å². The van der Waals surface area contributed by atoms with E-state index in [1.807, 2.05) is 6.07 Å². The molecule has 1 aromatic rings. The number of guanidine groups is 1. The Morgan fingerprint density at radius 3 is 2.86 bits per heavy atom. The van der Waals surface area contributed by atoms with E-state index in [9.17, 15) is 0 Å². The monoisotopic (exact) mass is 301 g/mol. The molecule has 0 aromatic heterocycles. The molecular weight excluding hydrogens is 274 g/mol. The number of ether oxygens (including phenoxy) is 1. The van der Waals surface area contributed by atoms with Crippen molar-refractivity contribution in [1.29, 1.82) is 0 Å². The highest BCUT2D eigenvalue weighted by Gasteiger charge is 2.21. The Hall–Kier alpha value is -1.71. The molecule has 1 saturated carbocycles. The van der Waals surface area contributed by atoms with Gasteiger partial charge in [0.1, 0.15) is 5.75 Å². The SMILES string of the molecule is CCNC(=NCC1CCC1)NCC1CCOc2ccccc21. The predicted molar refractivity (Wildman–Crippen MR) is 90.6 cm³/mol. The molecule has 0 saturated heterocycles. The van der Waals surface area contributed by atoms with Crippen LogP contribution in [-0.4, -0.2) is 32.2 Å². The highest BCUT2D eigenvalue weighted by molar-refractivity contribution is 5.79. The minimum atomic E-state index is 0.498. The van der Waals surface area contributed by atoms with E-state index in [4.69, 9.17) is 9.73 Å². The van der Waals surface area contributed by atoms with Gasteiger partial charge in [-0.05, 0) is 43.7 Å². The molecule has 0 radical (unpaired) electrons. The Balaban J connectivity index is 1.57. The highest BCUT2D eigenvalue weighted by Crippen LogP contribution is 2.32. The van der Waals surface area contributed by atoms with Crippen molar-refractivity contribution in [2.24, 2.45) is 10.9 Å². The van der Waals surface area contributed by atoms with Gasteiger partial charge in [-0.3, -0.25) is 4.99 Å². The third kappa shape index (κ3) is 3.73. The van der Waals surface area contributed by atoms with E-state index in [1.54, 1.807) is 0 Å². The van der Waals surface area contributed by atoms with E-state index in [0.717, 1.165) is 50.3 Å². The second-order valence-corrected chi connectivity index (χ2v) is 6.27. The lowest BCUT2D eigenvalue weighted by atomic mass is 9.86. The van der Waals surface area contributed by atoms with Crippen molar-refractivity contribution in [3.63, 3.8) is 0 Å². The van der Waals surface area contributed by atoms with Crippen LogP contribution in [0, 0.1) is 5.92 Å². The number of hydrogen-bond donors (Lipinski definition) is 2. The first kappa shape index (κ1) is 15.2. The third-order valence-corrected chi connectivity index (χ3v) is 4.68. The van der Waals surface area contributed by atoms with Crippen LogP contribution in [-0.2, 0) is 0 Å². The van der Waals surface area contributed by atoms with E-state index in [-0.39, 0.29) is 0 Å². The Morgan fingerprint density at radius 2 is 2.09 bits per heavy atom. The van der Waals surface area contributed by atoms with Gasteiger partial charge in [0.2, 0.25) is 0 Å². The van der Waals surface area contributed by atoms with Crippen LogP contribution in [0.2, 0.25) is 0 Å². The summed E-state index contributed by atoms with van der Waals surface area (Å²) in [5, 5.41) is 6.88. The maximum absolute atomic E-state index is 5.74. The number of benzene rings is 1. The zero-order chi connectivity index (χ0) is 15.2. The van der Waals surface area contributed by atoms with Crippen LogP contribution < -0.4 is 15.4 Å². The molecule has 2 N–H and O–H groups in total. The zero-order valence-electron chi connectivity index (χ0n) is 13.5. The molecule has 1 aliphatic heterocycles. The van der Waals surface area contributed by atoms with Crippen LogP contribution in [0.3, 0.4) is 0 Å². The molecule has 1 atom stereocenters. The van der Waals surface area contributed by atoms with E-state index < -0.39 is 0 Å². The van der Waals surface area contributed by atoms with Crippen LogP contribution in [0.1, 0.15) is 44.1 Å². The minimum absolute atomic E-state index is 0.498. The normalized spacial score (nSPS) is 21.5. The first-order valence-corrected chi connectivity index (χ1v) is 8.60. The molecule has 0 amide bonds. The molecule has 2 aliphatic rings. The molecule has 1 aliphatic carbocycles. The van der Waals surface area contributed by atoms with E-state index >= 15 is 0 Å². The van der Waals surface area contributed by atoms with Crippen molar-refractivity contribution in [1.82, 2.24) is 10.6 Å². The molecule has 0 bridgehead atoms. The van der Waals surface area contributed by atoms with Gasteiger partial charge >= 0.3 is 0 Å². The van der Waals surface area contributed by atoms with Crippen molar-refractivity contribution in [3.05, 3.63) is 29.8 Å². The molecule has 4 heteroatoms. The van der Waals surface area contributed by atoms with Crippen LogP contribution in [0.25, 0.3) is 0 Å². The van der Waals surface area contributed by atoms with E-state index in [1.165, 1.54) is 24.8 Å². The maximum atomic E-state index is 5.74. The topological polar surface area (TPSA) is 45.7 Å². The summed E-state index contributed by atoms with van der Waals surface area (Å²) in [5.41, 5.74) is 1.32. The summed E-state index contributed by atoms with van der Waals surface area (Å²) in [4.78, 5) is 4.74. The second kappa shape index (κ2) is 7.52.